The summed E-state index contributed by atoms with van der Waals surface area (Å²) < 4.78 is 48.0. The van der Waals surface area contributed by atoms with E-state index < -0.39 is 41.6 Å². The van der Waals surface area contributed by atoms with E-state index in [1.165, 1.54) is 6.92 Å². The van der Waals surface area contributed by atoms with Crippen molar-refractivity contribution >= 4 is 22.7 Å². The van der Waals surface area contributed by atoms with Gasteiger partial charge in [0.1, 0.15) is 12.2 Å². The van der Waals surface area contributed by atoms with E-state index in [1.54, 1.807) is 0 Å². The second-order valence-electron chi connectivity index (χ2n) is 4.26. The number of alkyl halides is 3. The van der Waals surface area contributed by atoms with Crippen molar-refractivity contribution in [1.82, 2.24) is 0 Å². The van der Waals surface area contributed by atoms with Crippen LogP contribution in [0.1, 0.15) is 23.0 Å². The number of carboxylic acid groups (broad SMARTS) is 1. The first kappa shape index (κ1) is 14.9. The molecule has 0 saturated carbocycles. The largest absolute Gasteiger partial charge is 0.481 e. The zero-order valence-electron chi connectivity index (χ0n) is 10.7. The predicted octanol–water partition coefficient (Wildman–Crippen LogP) is 3.12. The molecule has 0 bridgehead atoms. The molecule has 1 aromatic carbocycles. The monoisotopic (exact) mass is 302 g/mol. The molecule has 1 N–H and O–H groups in total. The van der Waals surface area contributed by atoms with Gasteiger partial charge < -0.3 is 14.3 Å². The van der Waals surface area contributed by atoms with Gasteiger partial charge in [-0.2, -0.15) is 13.2 Å². The molecule has 2 aromatic rings. The minimum Gasteiger partial charge on any atom is -0.481 e. The molecular weight excluding hydrogens is 293 g/mol. The van der Waals surface area contributed by atoms with Gasteiger partial charge in [0.15, 0.2) is 11.5 Å². The molecule has 0 atom stereocenters. The van der Waals surface area contributed by atoms with Gasteiger partial charge in [-0.25, -0.2) is 4.79 Å². The Labute approximate surface area is 115 Å². The Morgan fingerprint density at radius 2 is 2.00 bits per heavy atom. The zero-order valence-corrected chi connectivity index (χ0v) is 10.7. The molecule has 21 heavy (non-hydrogen) atoms. The van der Waals surface area contributed by atoms with Crippen LogP contribution in [-0.2, 0) is 11.0 Å². The third-order valence-corrected chi connectivity index (χ3v) is 2.58. The van der Waals surface area contributed by atoms with E-state index in [0.717, 1.165) is 18.2 Å². The Morgan fingerprint density at radius 3 is 2.52 bits per heavy atom. The van der Waals surface area contributed by atoms with Gasteiger partial charge in [0.25, 0.3) is 5.76 Å². The molecule has 0 fully saturated rings. The highest BCUT2D eigenvalue weighted by Gasteiger charge is 2.32. The summed E-state index contributed by atoms with van der Waals surface area (Å²) in [6.45, 7) is 0.731. The van der Waals surface area contributed by atoms with Gasteiger partial charge in [0.2, 0.25) is 0 Å². The SMILES string of the molecule is CC(=O)COc1c(C(=O)O)oc2ccc(C(F)(F)F)cc12. The maximum Gasteiger partial charge on any atom is 0.416 e. The first-order valence-corrected chi connectivity index (χ1v) is 5.69. The average molecular weight is 302 g/mol. The number of hydrogen-bond donors (Lipinski definition) is 1. The summed E-state index contributed by atoms with van der Waals surface area (Å²) in [6, 6.07) is 2.50. The summed E-state index contributed by atoms with van der Waals surface area (Å²) >= 11 is 0. The molecule has 0 amide bonds. The third-order valence-electron chi connectivity index (χ3n) is 2.58. The number of furan rings is 1. The Kier molecular flexibility index (Phi) is 3.63. The number of carbonyl (C=O) groups is 2. The lowest BCUT2D eigenvalue weighted by Gasteiger charge is -2.06. The fourth-order valence-electron chi connectivity index (χ4n) is 1.71. The summed E-state index contributed by atoms with van der Waals surface area (Å²) in [6.07, 6.45) is -4.59. The standard InChI is InChI=1S/C13H9F3O5/c1-6(17)5-20-10-8-4-7(13(14,15)16)2-3-9(8)21-11(10)12(18)19/h2-4H,5H2,1H3,(H,18,19). The number of fused-ring (bicyclic) bond motifs is 1. The fourth-order valence-corrected chi connectivity index (χ4v) is 1.71. The van der Waals surface area contributed by atoms with Crippen LogP contribution in [0.2, 0.25) is 0 Å². The van der Waals surface area contributed by atoms with E-state index in [2.05, 4.69) is 0 Å². The first-order valence-electron chi connectivity index (χ1n) is 5.69. The molecule has 2 rings (SSSR count). The van der Waals surface area contributed by atoms with E-state index in [9.17, 15) is 22.8 Å². The van der Waals surface area contributed by atoms with E-state index in [-0.39, 0.29) is 11.0 Å². The summed E-state index contributed by atoms with van der Waals surface area (Å²) in [5, 5.41) is 8.83. The maximum atomic E-state index is 12.7. The van der Waals surface area contributed by atoms with Gasteiger partial charge in [-0.05, 0) is 25.1 Å². The number of rotatable bonds is 4. The van der Waals surface area contributed by atoms with E-state index in [1.807, 2.05) is 0 Å². The van der Waals surface area contributed by atoms with Crippen LogP contribution < -0.4 is 4.74 Å². The van der Waals surface area contributed by atoms with Crippen LogP contribution in [0.25, 0.3) is 11.0 Å². The van der Waals surface area contributed by atoms with Gasteiger partial charge in [-0.1, -0.05) is 0 Å². The lowest BCUT2D eigenvalue weighted by molar-refractivity contribution is -0.137. The van der Waals surface area contributed by atoms with Crippen molar-refractivity contribution in [2.24, 2.45) is 0 Å². The lowest BCUT2D eigenvalue weighted by atomic mass is 10.1. The number of carboxylic acids is 1. The van der Waals surface area contributed by atoms with Crippen LogP contribution >= 0.6 is 0 Å². The number of hydrogen-bond acceptors (Lipinski definition) is 4. The van der Waals surface area contributed by atoms with Crippen molar-refractivity contribution in [3.05, 3.63) is 29.5 Å². The summed E-state index contributed by atoms with van der Waals surface area (Å²) in [5.41, 5.74) is -1.04. The zero-order chi connectivity index (χ0) is 15.8. The lowest BCUT2D eigenvalue weighted by Crippen LogP contribution is -2.09. The molecule has 0 spiro atoms. The van der Waals surface area contributed by atoms with Gasteiger partial charge in [0, 0.05) is 0 Å². The van der Waals surface area contributed by atoms with E-state index in [4.69, 9.17) is 14.3 Å². The Balaban J connectivity index is 2.61. The second-order valence-corrected chi connectivity index (χ2v) is 4.26. The van der Waals surface area contributed by atoms with E-state index >= 15 is 0 Å². The normalized spacial score (nSPS) is 11.6. The number of benzene rings is 1. The molecule has 0 unspecified atom stereocenters. The molecular formula is C13H9F3O5. The highest BCUT2D eigenvalue weighted by atomic mass is 19.4. The summed E-state index contributed by atoms with van der Waals surface area (Å²) in [7, 11) is 0. The molecule has 112 valence electrons. The minimum atomic E-state index is -4.59. The maximum absolute atomic E-state index is 12.7. The molecule has 0 aliphatic heterocycles. The molecule has 0 radical (unpaired) electrons. The van der Waals surface area contributed by atoms with Crippen molar-refractivity contribution < 1.29 is 37.0 Å². The van der Waals surface area contributed by atoms with Gasteiger partial charge in [-0.3, -0.25) is 4.79 Å². The summed E-state index contributed by atoms with van der Waals surface area (Å²) in [4.78, 5) is 21.9. The smallest absolute Gasteiger partial charge is 0.416 e. The first-order chi connectivity index (χ1) is 9.70. The van der Waals surface area contributed by atoms with Crippen molar-refractivity contribution in [2.75, 3.05) is 6.61 Å². The Morgan fingerprint density at radius 1 is 1.33 bits per heavy atom. The van der Waals surface area contributed by atoms with Crippen molar-refractivity contribution in [3.8, 4) is 5.75 Å². The van der Waals surface area contributed by atoms with Gasteiger partial charge in [-0.15, -0.1) is 0 Å². The number of halogens is 3. The van der Waals surface area contributed by atoms with Crippen LogP contribution in [0.15, 0.2) is 22.6 Å². The van der Waals surface area contributed by atoms with Crippen LogP contribution in [0.3, 0.4) is 0 Å². The highest BCUT2D eigenvalue weighted by Crippen LogP contribution is 2.38. The fraction of sp³-hybridized carbons (Fsp3) is 0.231. The van der Waals surface area contributed by atoms with Gasteiger partial charge >= 0.3 is 12.1 Å². The highest BCUT2D eigenvalue weighted by molar-refractivity contribution is 5.98. The molecule has 1 heterocycles. The predicted molar refractivity (Wildman–Crippen MR) is 64.4 cm³/mol. The molecule has 8 heteroatoms. The van der Waals surface area contributed by atoms with Crippen LogP contribution in [-0.4, -0.2) is 23.5 Å². The van der Waals surface area contributed by atoms with Gasteiger partial charge in [0.05, 0.1) is 10.9 Å². The average Bonchev–Trinajstić information content (AvgIpc) is 2.73. The van der Waals surface area contributed by atoms with Crippen molar-refractivity contribution in [2.45, 2.75) is 13.1 Å². The van der Waals surface area contributed by atoms with Crippen molar-refractivity contribution in [1.29, 1.82) is 0 Å². The summed E-state index contributed by atoms with van der Waals surface area (Å²) in [5.74, 6) is -2.95. The number of carbonyl (C=O) groups excluding carboxylic acids is 1. The topological polar surface area (TPSA) is 76.7 Å². The molecule has 0 aliphatic rings. The third kappa shape index (κ3) is 2.99. The quantitative estimate of drug-likeness (QED) is 0.939. The minimum absolute atomic E-state index is 0.0704. The van der Waals surface area contributed by atoms with Crippen LogP contribution in [0.5, 0.6) is 5.75 Å². The Bertz CT molecular complexity index is 714. The number of ketones is 1. The second kappa shape index (κ2) is 5.12. The Hall–Kier alpha value is -2.51. The van der Waals surface area contributed by atoms with E-state index in [0.29, 0.717) is 0 Å². The number of Topliss-reactive ketones (excluding diaryl/α,β-unsaturated/α-hetero) is 1. The number of ether oxygens (including phenoxy) is 1. The van der Waals surface area contributed by atoms with Crippen LogP contribution in [0.4, 0.5) is 13.2 Å². The molecule has 5 nitrogen and oxygen atoms in total. The molecule has 1 aromatic heterocycles. The van der Waals surface area contributed by atoms with Crippen LogP contribution in [0, 0.1) is 0 Å². The number of aromatic carboxylic acids is 1. The molecule has 0 aliphatic carbocycles. The van der Waals surface area contributed by atoms with Crippen molar-refractivity contribution in [3.63, 3.8) is 0 Å². The molecule has 0 saturated heterocycles.